The van der Waals surface area contributed by atoms with Crippen LogP contribution in [-0.4, -0.2) is 172 Å². The molecule has 0 bridgehead atoms. The van der Waals surface area contributed by atoms with Crippen molar-refractivity contribution in [1.82, 2.24) is 77.1 Å². The number of nitrogens with two attached hydrogens (primary N) is 5. The lowest BCUT2D eigenvalue weighted by atomic mass is 10.2. The molecular formula is C91H90BCl5N25O12. The van der Waals surface area contributed by atoms with Crippen molar-refractivity contribution in [3.8, 4) is 39.9 Å². The average molecular weight is 1910 g/mol. The number of benzene rings is 8. The second kappa shape index (κ2) is 44.6. The van der Waals surface area contributed by atoms with Crippen LogP contribution in [0, 0.1) is 0 Å². The molecular weight excluding hydrogens is 1820 g/mol. The zero-order valence-electron chi connectivity index (χ0n) is 73.6. The number of nitrogens with zero attached hydrogens (tertiary/aromatic N) is 17. The lowest BCUT2D eigenvalue weighted by molar-refractivity contribution is -0.116. The molecule has 1 aliphatic heterocycles. The Labute approximate surface area is 791 Å². The van der Waals surface area contributed by atoms with Gasteiger partial charge in [-0.3, -0.25) is 43.6 Å². The van der Waals surface area contributed by atoms with Crippen LogP contribution in [0.1, 0.15) is 47.1 Å². The van der Waals surface area contributed by atoms with E-state index >= 15 is 0 Å². The van der Waals surface area contributed by atoms with Gasteiger partial charge in [-0.15, -0.1) is 0 Å². The van der Waals surface area contributed by atoms with E-state index in [0.717, 1.165) is 6.54 Å². The molecule has 16 rings (SSSR count). The molecule has 0 saturated carbocycles. The third-order valence-corrected chi connectivity index (χ3v) is 19.5. The third kappa shape index (κ3) is 25.9. The number of halogens is 5. The van der Waals surface area contributed by atoms with E-state index in [1.54, 1.807) is 248 Å². The highest BCUT2D eigenvalue weighted by atomic mass is 35.5. The Balaban J connectivity index is 0.000000162. The van der Waals surface area contributed by atoms with Crippen molar-refractivity contribution < 1.29 is 43.1 Å². The highest BCUT2D eigenvalue weighted by Gasteiger charge is 2.33. The first kappa shape index (κ1) is 99.3. The van der Waals surface area contributed by atoms with Crippen molar-refractivity contribution in [2.75, 3.05) is 90.8 Å². The Kier molecular flexibility index (Phi) is 33.0. The highest BCUT2D eigenvalue weighted by molar-refractivity contribution is 6.66. The number of anilines is 10. The van der Waals surface area contributed by atoms with Gasteiger partial charge in [0.1, 0.15) is 70.4 Å². The Morgan fingerprint density at radius 3 is 1.15 bits per heavy atom. The minimum atomic E-state index is -0.640. The van der Waals surface area contributed by atoms with Crippen molar-refractivity contribution >= 4 is 186 Å². The fourth-order valence-electron chi connectivity index (χ4n) is 12.9. The van der Waals surface area contributed by atoms with E-state index in [9.17, 15) is 38.4 Å². The number of amides is 4. The molecule has 15 aromatic rings. The number of carbonyl (C=O) groups is 5. The summed E-state index contributed by atoms with van der Waals surface area (Å²) in [5, 5.41) is 18.2. The lowest BCUT2D eigenvalue weighted by Crippen LogP contribution is -2.27. The maximum atomic E-state index is 13.5. The topological polar surface area (TPSA) is 493 Å². The van der Waals surface area contributed by atoms with Crippen LogP contribution >= 0.6 is 58.0 Å². The standard InChI is InChI=1S/C23H22ClN7O2.C22H21ClN6O3.C17H13ClN6O.C17H19N5O3.C6H5BClO2.C6H10ClNO/c1-29(2)12-4-7-19(32)28-16-5-3-6-18(13-16)31-22-20(21(25)26-14-27-22)30(23(31)33)17-10-8-15(24)9-11-17;1-22(2,3)32-20(30)27-14-5-4-6-16(11-14)29-19-17(18(24)25-12-26-19)28(21(29)31)15-9-7-13(23)8-10-15;18-10-4-6-12(7-5-10)23-14-15(20)21-9-22-16(14)24(17(23)25)13-3-1-2-11(19)8-13;1-17(2,3)25-16(24)21-10-5-4-6-11(7-10)22-13(23)8-12-14(18)19-9-20-15(12)22;8-5-1-3-6(4-2-5)10-7-9;1-8(2)5-3-4-6(7)9/h3-11,13-14H,12H2,1-2H3,(H,28,32)(H2,25,26,27);4-12H,1-3H3,(H,27,30)(H2,24,25,26);1-9H,19H2,(H2,20,21,22);4-7,9H,8H2,1-3H3,(H,21,24)(H2,18,19,20);1-4,9H;3-4H,5H2,1-2H3/b7-4+;;;;;4-3+. The first-order valence-corrected chi connectivity index (χ1v) is 42.2. The van der Waals surface area contributed by atoms with E-state index in [0.29, 0.717) is 153 Å². The van der Waals surface area contributed by atoms with Crippen molar-refractivity contribution in [1.29, 1.82) is 0 Å². The van der Waals surface area contributed by atoms with Crippen molar-refractivity contribution in [2.24, 2.45) is 0 Å². The van der Waals surface area contributed by atoms with Gasteiger partial charge in [-0.25, -0.2) is 77.5 Å². The van der Waals surface area contributed by atoms with E-state index in [1.165, 1.54) is 69.8 Å². The Hall–Kier alpha value is -15.3. The van der Waals surface area contributed by atoms with E-state index in [2.05, 4.69) is 60.5 Å². The van der Waals surface area contributed by atoms with E-state index in [-0.39, 0.29) is 47.1 Å². The van der Waals surface area contributed by atoms with Crippen LogP contribution in [0.2, 0.25) is 20.1 Å². The maximum absolute atomic E-state index is 13.5. The average Bonchev–Trinajstić information content (AvgIpc) is 1.60. The number of rotatable bonds is 18. The summed E-state index contributed by atoms with van der Waals surface area (Å²) in [4.78, 5) is 137. The number of hydrogen-bond donors (Lipinski definition) is 9. The first-order chi connectivity index (χ1) is 63.7. The molecule has 689 valence electrons. The van der Waals surface area contributed by atoms with Crippen LogP contribution in [0.3, 0.4) is 0 Å². The summed E-state index contributed by atoms with van der Waals surface area (Å²) in [7, 11) is 8.30. The van der Waals surface area contributed by atoms with Gasteiger partial charge in [-0.05, 0) is 257 Å². The summed E-state index contributed by atoms with van der Waals surface area (Å²) in [6.45, 7) is 12.1. The summed E-state index contributed by atoms with van der Waals surface area (Å²) in [5.74, 6) is 1.43. The number of ether oxygens (including phenoxy) is 2. The smallest absolute Gasteiger partial charge is 0.537 e. The van der Waals surface area contributed by atoms with Gasteiger partial charge in [-0.1, -0.05) is 82.8 Å². The number of nitrogens with one attached hydrogen (secondary N) is 3. The number of fused-ring (bicyclic) bond motifs is 4. The zero-order valence-corrected chi connectivity index (χ0v) is 77.4. The van der Waals surface area contributed by atoms with Gasteiger partial charge >= 0.3 is 36.9 Å². The molecule has 0 fully saturated rings. The van der Waals surface area contributed by atoms with Crippen LogP contribution < -0.4 is 71.2 Å². The van der Waals surface area contributed by atoms with Crippen LogP contribution in [0.4, 0.5) is 67.1 Å². The monoisotopic (exact) mass is 1910 g/mol. The molecule has 14 N–H and O–H groups in total. The van der Waals surface area contributed by atoms with Crippen molar-refractivity contribution in [2.45, 2.75) is 59.2 Å². The summed E-state index contributed by atoms with van der Waals surface area (Å²) in [6, 6.07) is 54.7. The quantitative estimate of drug-likeness (QED) is 0.0167. The SMILES string of the molecule is CC(C)(C)OC(=O)Nc1cccc(-n2c(=O)n(-c3ccc(Cl)cc3)c3c(N)ncnc32)c1.CC(C)(C)OC(=O)Nc1cccc(N2C(=O)Cc3c(N)ncnc32)c1.CN(C)C/C=C/C(=O)Cl.CN(C)C/C=C/C(=O)Nc1cccc(-n2c(=O)n(-c3ccc(Cl)cc3)c3c(N)ncnc32)c1.Nc1cccc(-n2c(=O)n(-c3ccc(Cl)cc3)c3c(N)ncnc32)c1.O[B]Oc1ccc(Cl)cc1. The molecule has 0 saturated heterocycles. The summed E-state index contributed by atoms with van der Waals surface area (Å²) < 4.78 is 23.8. The number of nitrogen functional groups attached to an aromatic ring is 5. The van der Waals surface area contributed by atoms with Crippen LogP contribution in [0.5, 0.6) is 5.75 Å². The number of hydrogen-bond acceptors (Lipinski definition) is 27. The molecule has 0 spiro atoms. The fraction of sp³-hybridized carbons (Fsp3) is 0.165. The normalized spacial score (nSPS) is 11.6. The van der Waals surface area contributed by atoms with E-state index < -0.39 is 34.3 Å². The van der Waals surface area contributed by atoms with Gasteiger partial charge in [0, 0.05) is 67.6 Å². The number of carbonyl (C=O) groups excluding carboxylic acids is 5. The van der Waals surface area contributed by atoms with Crippen LogP contribution in [0.25, 0.3) is 67.6 Å². The molecule has 134 heavy (non-hydrogen) atoms. The highest BCUT2D eigenvalue weighted by Crippen LogP contribution is 2.37. The largest absolute Gasteiger partial charge is 0.569 e. The van der Waals surface area contributed by atoms with Gasteiger partial charge in [-0.2, -0.15) is 0 Å². The van der Waals surface area contributed by atoms with Crippen molar-refractivity contribution in [3.63, 3.8) is 0 Å². The summed E-state index contributed by atoms with van der Waals surface area (Å²) in [5.41, 5.74) is 36.5. The van der Waals surface area contributed by atoms with Gasteiger partial charge in [0.25, 0.3) is 0 Å². The van der Waals surface area contributed by atoms with Gasteiger partial charge in [0.05, 0.1) is 46.2 Å². The number of likely N-dealkylation sites (N-methyl/N-ethyl adjacent to an activating group) is 2. The summed E-state index contributed by atoms with van der Waals surface area (Å²) >= 11 is 28.6. The number of imidazole rings is 3. The van der Waals surface area contributed by atoms with Crippen LogP contribution in [-0.2, 0) is 30.3 Å². The minimum absolute atomic E-state index is 0.145. The molecule has 8 heterocycles. The van der Waals surface area contributed by atoms with Gasteiger partial charge < -0.3 is 62.9 Å². The number of aromatic nitrogens is 14. The molecule has 8 aromatic carbocycles. The van der Waals surface area contributed by atoms with E-state index in [1.807, 2.05) is 38.0 Å². The Morgan fingerprint density at radius 2 is 0.776 bits per heavy atom. The molecule has 1 aliphatic rings. The predicted molar refractivity (Wildman–Crippen MR) is 524 cm³/mol. The molecule has 0 aliphatic carbocycles. The fourth-order valence-corrected chi connectivity index (χ4v) is 13.5. The molecule has 1 radical (unpaired) electrons. The minimum Gasteiger partial charge on any atom is -0.537 e. The third-order valence-electron chi connectivity index (χ3n) is 18.4. The summed E-state index contributed by atoms with van der Waals surface area (Å²) in [6.07, 6.45) is 10.5. The first-order valence-electron chi connectivity index (χ1n) is 40.3. The predicted octanol–water partition coefficient (Wildman–Crippen LogP) is 14.1. The second-order valence-corrected chi connectivity index (χ2v) is 33.5. The van der Waals surface area contributed by atoms with Gasteiger partial charge in [0.2, 0.25) is 17.1 Å². The molecule has 7 aromatic heterocycles. The molecule has 4 amide bonds. The number of allylic oxidation sites excluding steroid dienone is 1. The van der Waals surface area contributed by atoms with Gasteiger partial charge in [0.15, 0.2) is 34.4 Å². The molecule has 37 nitrogen and oxygen atoms in total. The molecule has 43 heteroatoms. The lowest BCUT2D eigenvalue weighted by Gasteiger charge is -2.20. The maximum Gasteiger partial charge on any atom is 0.569 e. The van der Waals surface area contributed by atoms with Crippen LogP contribution in [0.15, 0.2) is 258 Å². The van der Waals surface area contributed by atoms with Crippen molar-refractivity contribution in [3.05, 3.63) is 301 Å². The Morgan fingerprint density at radius 1 is 0.433 bits per heavy atom. The zero-order chi connectivity index (χ0) is 97.0. The molecule has 0 atom stereocenters. The Bertz CT molecular complexity index is 7040. The molecule has 0 unspecified atom stereocenters. The van der Waals surface area contributed by atoms with E-state index in [4.69, 9.17) is 101 Å². The second-order valence-electron chi connectivity index (χ2n) is 31.3.